The Kier molecular flexibility index (Phi) is 6.44. The summed E-state index contributed by atoms with van der Waals surface area (Å²) in [6.07, 6.45) is 0. The third kappa shape index (κ3) is 4.48. The summed E-state index contributed by atoms with van der Waals surface area (Å²) in [5.74, 6) is 0. The van der Waals surface area contributed by atoms with Crippen molar-refractivity contribution in [2.45, 2.75) is 0 Å². The SMILES string of the molecule is N#Cc1cc(-c2cc(-c3cccc(-c4ccccc4)c3)c3sc4ccccc4c3c2)cc(-n2c3ccccc3c3cc(C#N)ccc32)c1. The minimum Gasteiger partial charge on any atom is -0.309 e. The van der Waals surface area contributed by atoms with Crippen molar-refractivity contribution in [1.29, 1.82) is 10.5 Å². The average Bonchev–Trinajstić information content (AvgIpc) is 3.70. The molecule has 48 heavy (non-hydrogen) atoms. The summed E-state index contributed by atoms with van der Waals surface area (Å²) < 4.78 is 4.70. The van der Waals surface area contributed by atoms with Crippen LogP contribution in [0.2, 0.25) is 0 Å². The maximum atomic E-state index is 10.3. The summed E-state index contributed by atoms with van der Waals surface area (Å²) in [4.78, 5) is 0. The molecule has 0 fully saturated rings. The molecule has 0 N–H and O–H groups in total. The summed E-state index contributed by atoms with van der Waals surface area (Å²) in [5.41, 5.74) is 10.8. The Hall–Kier alpha value is -6.46. The molecule has 2 aromatic heterocycles. The van der Waals surface area contributed by atoms with E-state index in [1.807, 2.05) is 59.9 Å². The van der Waals surface area contributed by atoms with Crippen LogP contribution in [0, 0.1) is 22.7 Å². The van der Waals surface area contributed by atoms with Gasteiger partial charge in [0.15, 0.2) is 0 Å². The Morgan fingerprint density at radius 1 is 0.438 bits per heavy atom. The van der Waals surface area contributed by atoms with E-state index in [-0.39, 0.29) is 0 Å². The van der Waals surface area contributed by atoms with E-state index in [2.05, 4.69) is 120 Å². The molecule has 0 amide bonds. The third-order valence-electron chi connectivity index (χ3n) is 9.20. The smallest absolute Gasteiger partial charge is 0.0992 e. The molecule has 3 nitrogen and oxygen atoms in total. The van der Waals surface area contributed by atoms with Gasteiger partial charge in [-0.2, -0.15) is 10.5 Å². The zero-order valence-corrected chi connectivity index (χ0v) is 26.5. The molecule has 0 unspecified atom stereocenters. The molecule has 9 rings (SSSR count). The normalized spacial score (nSPS) is 11.3. The number of hydrogen-bond donors (Lipinski definition) is 0. The minimum atomic E-state index is 0.588. The number of nitrogens with zero attached hydrogens (tertiary/aromatic N) is 3. The van der Waals surface area contributed by atoms with Crippen molar-refractivity contribution in [2.75, 3.05) is 0 Å². The molecule has 0 aliphatic heterocycles. The van der Waals surface area contributed by atoms with Gasteiger partial charge in [-0.1, -0.05) is 84.9 Å². The van der Waals surface area contributed by atoms with Crippen LogP contribution < -0.4 is 0 Å². The molecule has 222 valence electrons. The van der Waals surface area contributed by atoms with Crippen LogP contribution in [0.5, 0.6) is 0 Å². The van der Waals surface area contributed by atoms with E-state index in [0.717, 1.165) is 44.2 Å². The second-order valence-electron chi connectivity index (χ2n) is 12.0. The fraction of sp³-hybridized carbons (Fsp3) is 0. The summed E-state index contributed by atoms with van der Waals surface area (Å²) >= 11 is 1.82. The first-order valence-electron chi connectivity index (χ1n) is 15.8. The number of nitriles is 2. The molecule has 0 aliphatic rings. The van der Waals surface area contributed by atoms with Crippen LogP contribution in [0.4, 0.5) is 0 Å². The minimum absolute atomic E-state index is 0.588. The van der Waals surface area contributed by atoms with Crippen LogP contribution in [-0.4, -0.2) is 4.57 Å². The van der Waals surface area contributed by atoms with E-state index in [9.17, 15) is 10.5 Å². The maximum absolute atomic E-state index is 10.3. The molecule has 2 heterocycles. The lowest BCUT2D eigenvalue weighted by molar-refractivity contribution is 1.18. The van der Waals surface area contributed by atoms with Gasteiger partial charge in [-0.3, -0.25) is 0 Å². The van der Waals surface area contributed by atoms with Crippen LogP contribution in [0.1, 0.15) is 11.1 Å². The van der Waals surface area contributed by atoms with Crippen LogP contribution in [-0.2, 0) is 0 Å². The predicted molar refractivity (Wildman–Crippen MR) is 199 cm³/mol. The highest BCUT2D eigenvalue weighted by atomic mass is 32.1. The molecular formula is C44H25N3S. The molecule has 9 aromatic rings. The lowest BCUT2D eigenvalue weighted by atomic mass is 9.93. The van der Waals surface area contributed by atoms with Gasteiger partial charge in [-0.15, -0.1) is 11.3 Å². The van der Waals surface area contributed by atoms with Crippen molar-refractivity contribution >= 4 is 53.3 Å². The summed E-state index contributed by atoms with van der Waals surface area (Å²) in [6, 6.07) is 57.4. The highest BCUT2D eigenvalue weighted by Crippen LogP contribution is 2.44. The van der Waals surface area contributed by atoms with Gasteiger partial charge in [0, 0.05) is 42.2 Å². The summed E-state index contributed by atoms with van der Waals surface area (Å²) in [6.45, 7) is 0. The molecule has 0 saturated carbocycles. The molecule has 0 spiro atoms. The Labute approximate surface area is 281 Å². The highest BCUT2D eigenvalue weighted by Gasteiger charge is 2.17. The molecule has 0 radical (unpaired) electrons. The molecule has 0 aliphatic carbocycles. The predicted octanol–water partition coefficient (Wildman–Crippen LogP) is 11.9. The number of thiophene rings is 1. The highest BCUT2D eigenvalue weighted by molar-refractivity contribution is 7.26. The third-order valence-corrected chi connectivity index (χ3v) is 10.4. The van der Waals surface area contributed by atoms with Crippen molar-refractivity contribution in [3.05, 3.63) is 163 Å². The number of hydrogen-bond acceptors (Lipinski definition) is 3. The van der Waals surface area contributed by atoms with Gasteiger partial charge in [0.2, 0.25) is 0 Å². The van der Waals surface area contributed by atoms with E-state index in [1.54, 1.807) is 0 Å². The van der Waals surface area contributed by atoms with Gasteiger partial charge in [-0.25, -0.2) is 0 Å². The van der Waals surface area contributed by atoms with Crippen molar-refractivity contribution < 1.29 is 0 Å². The summed E-state index contributed by atoms with van der Waals surface area (Å²) in [7, 11) is 0. The van der Waals surface area contributed by atoms with E-state index in [0.29, 0.717) is 11.1 Å². The standard InChI is InChI=1S/C44H25N3S/c45-26-28-17-18-42-39(21-28)36-13-4-6-15-41(36)47(42)35-20-29(27-46)19-33(23-35)34-24-38(44-40(25-34)37-14-5-7-16-43(37)48-44)32-12-8-11-31(22-32)30-9-2-1-3-10-30/h1-25H. The van der Waals surface area contributed by atoms with Crippen LogP contribution >= 0.6 is 11.3 Å². The van der Waals surface area contributed by atoms with Gasteiger partial charge >= 0.3 is 0 Å². The number of aromatic nitrogens is 1. The van der Waals surface area contributed by atoms with E-state index in [1.165, 1.54) is 36.9 Å². The van der Waals surface area contributed by atoms with E-state index in [4.69, 9.17) is 0 Å². The maximum Gasteiger partial charge on any atom is 0.0992 e. The number of benzene rings is 7. The second-order valence-corrected chi connectivity index (χ2v) is 13.1. The lowest BCUT2D eigenvalue weighted by Gasteiger charge is -2.14. The molecule has 0 bridgehead atoms. The van der Waals surface area contributed by atoms with Crippen LogP contribution in [0.15, 0.2) is 152 Å². The van der Waals surface area contributed by atoms with E-state index < -0.39 is 0 Å². The lowest BCUT2D eigenvalue weighted by Crippen LogP contribution is -1.96. The van der Waals surface area contributed by atoms with Gasteiger partial charge in [0.25, 0.3) is 0 Å². The number of para-hydroxylation sites is 1. The zero-order chi connectivity index (χ0) is 32.2. The topological polar surface area (TPSA) is 52.5 Å². The van der Waals surface area contributed by atoms with Gasteiger partial charge < -0.3 is 4.57 Å². The Balaban J connectivity index is 1.30. The zero-order valence-electron chi connectivity index (χ0n) is 25.7. The Bertz CT molecular complexity index is 2810. The first kappa shape index (κ1) is 27.8. The Morgan fingerprint density at radius 2 is 1.15 bits per heavy atom. The van der Waals surface area contributed by atoms with Gasteiger partial charge in [0.1, 0.15) is 0 Å². The van der Waals surface area contributed by atoms with Crippen LogP contribution in [0.3, 0.4) is 0 Å². The quantitative estimate of drug-likeness (QED) is 0.195. The van der Waals surface area contributed by atoms with Crippen molar-refractivity contribution in [1.82, 2.24) is 4.57 Å². The van der Waals surface area contributed by atoms with Crippen molar-refractivity contribution in [3.63, 3.8) is 0 Å². The summed E-state index contributed by atoms with van der Waals surface area (Å²) in [5, 5.41) is 24.4. The molecule has 0 atom stereocenters. The number of fused-ring (bicyclic) bond motifs is 6. The van der Waals surface area contributed by atoms with E-state index >= 15 is 0 Å². The van der Waals surface area contributed by atoms with Gasteiger partial charge in [0.05, 0.1) is 34.3 Å². The Morgan fingerprint density at radius 3 is 2.00 bits per heavy atom. The second kappa shape index (κ2) is 11.1. The number of rotatable bonds is 4. The fourth-order valence-electron chi connectivity index (χ4n) is 7.00. The molecule has 4 heteroatoms. The molecule has 0 saturated heterocycles. The fourth-order valence-corrected chi connectivity index (χ4v) is 8.22. The first-order chi connectivity index (χ1) is 23.7. The molecule has 7 aromatic carbocycles. The van der Waals surface area contributed by atoms with Crippen molar-refractivity contribution in [3.8, 4) is 51.2 Å². The molecular weight excluding hydrogens is 603 g/mol. The monoisotopic (exact) mass is 627 g/mol. The van der Waals surface area contributed by atoms with Crippen molar-refractivity contribution in [2.24, 2.45) is 0 Å². The largest absolute Gasteiger partial charge is 0.309 e. The average molecular weight is 628 g/mol. The van der Waals surface area contributed by atoms with Gasteiger partial charge in [-0.05, 0) is 94.5 Å². The van der Waals surface area contributed by atoms with Crippen LogP contribution in [0.25, 0.3) is 81.0 Å². The first-order valence-corrected chi connectivity index (χ1v) is 16.6.